The number of rotatable bonds is 6. The van der Waals surface area contributed by atoms with E-state index in [1.807, 2.05) is 4.57 Å². The number of imidazole rings is 1. The fourth-order valence-corrected chi connectivity index (χ4v) is 3.26. The quantitative estimate of drug-likeness (QED) is 0.479. The number of halogens is 1. The molecule has 1 aliphatic carbocycles. The molecule has 3 aromatic rings. The standard InChI is InChI=1S/C15H18BrN7O2/c1-2-3-4-7-22-10-9(17-13(16)18-10)12(25)23-14(20-21-15(22)23)19-11(24)8-5-6-8/h8H,2-7H2,1H3,(H,17,18)(H,19,20,24). The summed E-state index contributed by atoms with van der Waals surface area (Å²) in [7, 11) is 0. The van der Waals surface area contributed by atoms with Crippen molar-refractivity contribution in [3.05, 3.63) is 15.1 Å². The lowest BCUT2D eigenvalue weighted by Crippen LogP contribution is -2.23. The van der Waals surface area contributed by atoms with E-state index in [-0.39, 0.29) is 23.3 Å². The van der Waals surface area contributed by atoms with Crippen molar-refractivity contribution < 1.29 is 4.79 Å². The summed E-state index contributed by atoms with van der Waals surface area (Å²) in [6, 6.07) is 0. The summed E-state index contributed by atoms with van der Waals surface area (Å²) in [5.41, 5.74) is 0.566. The van der Waals surface area contributed by atoms with Crippen LogP contribution >= 0.6 is 15.9 Å². The van der Waals surface area contributed by atoms with E-state index in [1.54, 1.807) is 0 Å². The highest BCUT2D eigenvalue weighted by molar-refractivity contribution is 9.10. The lowest BCUT2D eigenvalue weighted by atomic mass is 10.2. The Morgan fingerprint density at radius 3 is 2.88 bits per heavy atom. The van der Waals surface area contributed by atoms with Crippen molar-refractivity contribution in [3.63, 3.8) is 0 Å². The van der Waals surface area contributed by atoms with Gasteiger partial charge in [0.2, 0.25) is 17.6 Å². The fraction of sp³-hybridized carbons (Fsp3) is 0.533. The molecule has 0 atom stereocenters. The molecule has 2 N–H and O–H groups in total. The number of hydrogen-bond acceptors (Lipinski definition) is 5. The van der Waals surface area contributed by atoms with Crippen LogP contribution in [0.15, 0.2) is 9.53 Å². The van der Waals surface area contributed by atoms with E-state index in [0.29, 0.717) is 28.2 Å². The SMILES string of the molecule is CCCCCn1c2nc(Br)[nH]c2c(=O)n2c(NC(=O)C3CC3)nnc12. The van der Waals surface area contributed by atoms with Crippen LogP contribution in [0.25, 0.3) is 16.9 Å². The molecular weight excluding hydrogens is 390 g/mol. The highest BCUT2D eigenvalue weighted by atomic mass is 79.9. The van der Waals surface area contributed by atoms with E-state index < -0.39 is 0 Å². The molecule has 0 spiro atoms. The lowest BCUT2D eigenvalue weighted by Gasteiger charge is -2.09. The average Bonchev–Trinajstić information content (AvgIpc) is 3.25. The van der Waals surface area contributed by atoms with Gasteiger partial charge in [0.15, 0.2) is 15.9 Å². The third kappa shape index (κ3) is 2.84. The molecule has 25 heavy (non-hydrogen) atoms. The van der Waals surface area contributed by atoms with Gasteiger partial charge in [0, 0.05) is 12.5 Å². The normalized spacial score (nSPS) is 14.5. The molecule has 3 aromatic heterocycles. The van der Waals surface area contributed by atoms with E-state index in [0.717, 1.165) is 32.1 Å². The number of nitrogens with one attached hydrogen (secondary N) is 2. The Balaban J connectivity index is 1.87. The molecule has 1 saturated carbocycles. The predicted molar refractivity (Wildman–Crippen MR) is 95.5 cm³/mol. The summed E-state index contributed by atoms with van der Waals surface area (Å²) >= 11 is 3.29. The van der Waals surface area contributed by atoms with E-state index in [4.69, 9.17) is 0 Å². The molecule has 1 amide bonds. The Morgan fingerprint density at radius 1 is 1.36 bits per heavy atom. The Kier molecular flexibility index (Phi) is 4.06. The largest absolute Gasteiger partial charge is 0.327 e. The predicted octanol–water partition coefficient (Wildman–Crippen LogP) is 2.07. The number of amides is 1. The zero-order chi connectivity index (χ0) is 17.6. The Hall–Kier alpha value is -2.23. The maximum Gasteiger partial charge on any atom is 0.288 e. The van der Waals surface area contributed by atoms with Gasteiger partial charge in [0.1, 0.15) is 0 Å². The first-order valence-corrected chi connectivity index (χ1v) is 9.23. The topological polar surface area (TPSA) is 110 Å². The number of aryl methyl sites for hydroxylation is 1. The van der Waals surface area contributed by atoms with Gasteiger partial charge < -0.3 is 4.98 Å². The van der Waals surface area contributed by atoms with Crippen molar-refractivity contribution in [3.8, 4) is 0 Å². The van der Waals surface area contributed by atoms with Crippen LogP contribution in [0.2, 0.25) is 0 Å². The molecule has 132 valence electrons. The zero-order valence-electron chi connectivity index (χ0n) is 13.8. The van der Waals surface area contributed by atoms with Crippen LogP contribution < -0.4 is 10.9 Å². The maximum atomic E-state index is 12.9. The van der Waals surface area contributed by atoms with Gasteiger partial charge in [-0.15, -0.1) is 10.2 Å². The van der Waals surface area contributed by atoms with Crippen molar-refractivity contribution in [1.82, 2.24) is 29.1 Å². The van der Waals surface area contributed by atoms with E-state index in [1.165, 1.54) is 4.40 Å². The van der Waals surface area contributed by atoms with E-state index >= 15 is 0 Å². The average molecular weight is 408 g/mol. The zero-order valence-corrected chi connectivity index (χ0v) is 15.3. The molecule has 0 aliphatic heterocycles. The highest BCUT2D eigenvalue weighted by Gasteiger charge is 2.31. The smallest absolute Gasteiger partial charge is 0.288 e. The molecule has 4 rings (SSSR count). The van der Waals surface area contributed by atoms with Crippen LogP contribution in [0.3, 0.4) is 0 Å². The summed E-state index contributed by atoms with van der Waals surface area (Å²) in [6.45, 7) is 2.80. The van der Waals surface area contributed by atoms with Gasteiger partial charge in [-0.1, -0.05) is 19.8 Å². The van der Waals surface area contributed by atoms with Gasteiger partial charge in [-0.25, -0.2) is 9.38 Å². The van der Waals surface area contributed by atoms with Gasteiger partial charge >= 0.3 is 0 Å². The summed E-state index contributed by atoms with van der Waals surface area (Å²) < 4.78 is 3.70. The second kappa shape index (κ2) is 6.25. The van der Waals surface area contributed by atoms with Gasteiger partial charge in [-0.3, -0.25) is 19.5 Å². The second-order valence-electron chi connectivity index (χ2n) is 6.31. The minimum absolute atomic E-state index is 0.0177. The second-order valence-corrected chi connectivity index (χ2v) is 7.06. The number of H-pyrrole nitrogens is 1. The van der Waals surface area contributed by atoms with Gasteiger partial charge in [0.05, 0.1) is 0 Å². The van der Waals surface area contributed by atoms with E-state index in [2.05, 4.69) is 48.3 Å². The monoisotopic (exact) mass is 407 g/mol. The van der Waals surface area contributed by atoms with Gasteiger partial charge in [-0.05, 0) is 35.2 Å². The molecule has 0 saturated heterocycles. The first-order chi connectivity index (χ1) is 12.1. The van der Waals surface area contributed by atoms with Crippen LogP contribution in [0, 0.1) is 5.92 Å². The number of nitrogens with zero attached hydrogens (tertiary/aromatic N) is 5. The number of aromatic nitrogens is 6. The summed E-state index contributed by atoms with van der Waals surface area (Å²) in [5.74, 6) is 0.453. The van der Waals surface area contributed by atoms with Gasteiger partial charge in [0.25, 0.3) is 5.56 Å². The number of aromatic amines is 1. The van der Waals surface area contributed by atoms with Gasteiger partial charge in [-0.2, -0.15) is 0 Å². The van der Waals surface area contributed by atoms with Crippen molar-refractivity contribution in [2.45, 2.75) is 45.6 Å². The number of fused-ring (bicyclic) bond motifs is 2. The third-order valence-electron chi connectivity index (χ3n) is 4.38. The van der Waals surface area contributed by atoms with Crippen LogP contribution in [0.5, 0.6) is 0 Å². The van der Waals surface area contributed by atoms with Crippen LogP contribution in [-0.2, 0) is 11.3 Å². The Labute approximate surface area is 151 Å². The van der Waals surface area contributed by atoms with Crippen LogP contribution in [0.1, 0.15) is 39.0 Å². The van der Waals surface area contributed by atoms with Crippen LogP contribution in [-0.4, -0.2) is 35.0 Å². The van der Waals surface area contributed by atoms with Crippen LogP contribution in [0.4, 0.5) is 5.95 Å². The summed E-state index contributed by atoms with van der Waals surface area (Å²) in [4.78, 5) is 32.2. The minimum atomic E-state index is -0.328. The molecular formula is C15H18BrN7O2. The molecule has 0 unspecified atom stereocenters. The molecule has 9 nitrogen and oxygen atoms in total. The number of hydrogen-bond donors (Lipinski definition) is 2. The van der Waals surface area contributed by atoms with Crippen molar-refractivity contribution >= 4 is 44.7 Å². The molecule has 10 heteroatoms. The fourth-order valence-electron chi connectivity index (χ4n) is 2.89. The molecule has 1 aliphatic rings. The lowest BCUT2D eigenvalue weighted by molar-refractivity contribution is -0.117. The number of anilines is 1. The first-order valence-electron chi connectivity index (χ1n) is 8.44. The van der Waals surface area contributed by atoms with Crippen molar-refractivity contribution in [2.24, 2.45) is 5.92 Å². The maximum absolute atomic E-state index is 12.9. The summed E-state index contributed by atoms with van der Waals surface area (Å²) in [6.07, 6.45) is 4.83. The Morgan fingerprint density at radius 2 is 2.16 bits per heavy atom. The Bertz CT molecular complexity index is 1010. The molecule has 1 fully saturated rings. The summed E-state index contributed by atoms with van der Waals surface area (Å²) in [5, 5.41) is 10.9. The van der Waals surface area contributed by atoms with Crippen molar-refractivity contribution in [1.29, 1.82) is 0 Å². The molecule has 0 radical (unpaired) electrons. The first kappa shape index (κ1) is 16.2. The minimum Gasteiger partial charge on any atom is -0.327 e. The molecule has 0 aromatic carbocycles. The van der Waals surface area contributed by atoms with Crippen molar-refractivity contribution in [2.75, 3.05) is 5.32 Å². The number of carbonyl (C=O) groups excluding carboxylic acids is 1. The van der Waals surface area contributed by atoms with E-state index in [9.17, 15) is 9.59 Å². The number of carbonyl (C=O) groups is 1. The number of unbranched alkanes of at least 4 members (excludes halogenated alkanes) is 2. The highest BCUT2D eigenvalue weighted by Crippen LogP contribution is 2.30. The molecule has 3 heterocycles. The third-order valence-corrected chi connectivity index (χ3v) is 4.76. The molecule has 0 bridgehead atoms.